The Balaban J connectivity index is 2.01. The number of hydrogen-bond acceptors (Lipinski definition) is 3. The molecule has 2 N–H and O–H groups in total. The van der Waals surface area contributed by atoms with E-state index in [-0.39, 0.29) is 6.61 Å². The first-order valence-corrected chi connectivity index (χ1v) is 6.18. The van der Waals surface area contributed by atoms with E-state index < -0.39 is 0 Å². The maximum Gasteiger partial charge on any atom is 0.0681 e. The zero-order valence-corrected chi connectivity index (χ0v) is 10.8. The first-order valence-electron chi connectivity index (χ1n) is 6.18. The highest BCUT2D eigenvalue weighted by Crippen LogP contribution is 2.13. The second kappa shape index (κ2) is 5.69. The second-order valence-corrected chi connectivity index (χ2v) is 4.34. The van der Waals surface area contributed by atoms with Gasteiger partial charge >= 0.3 is 0 Å². The van der Waals surface area contributed by atoms with E-state index in [0.717, 1.165) is 29.9 Å². The molecule has 0 spiro atoms. The summed E-state index contributed by atoms with van der Waals surface area (Å²) >= 11 is 0. The van der Waals surface area contributed by atoms with Gasteiger partial charge in [-0.3, -0.25) is 4.68 Å². The predicted molar refractivity (Wildman–Crippen MR) is 72.3 cm³/mol. The van der Waals surface area contributed by atoms with Gasteiger partial charge in [0.25, 0.3) is 0 Å². The molecule has 0 saturated carbocycles. The molecule has 18 heavy (non-hydrogen) atoms. The van der Waals surface area contributed by atoms with Crippen molar-refractivity contribution in [2.24, 2.45) is 7.05 Å². The molecule has 0 unspecified atom stereocenters. The molecule has 96 valence electrons. The highest BCUT2D eigenvalue weighted by molar-refractivity contribution is 5.45. The minimum Gasteiger partial charge on any atom is -0.392 e. The van der Waals surface area contributed by atoms with Crippen molar-refractivity contribution in [3.8, 4) is 0 Å². The van der Waals surface area contributed by atoms with E-state index in [9.17, 15) is 0 Å². The molecule has 0 fully saturated rings. The normalized spacial score (nSPS) is 10.6. The Kier molecular flexibility index (Phi) is 3.99. The van der Waals surface area contributed by atoms with Crippen LogP contribution in [-0.4, -0.2) is 14.9 Å². The monoisotopic (exact) mass is 245 g/mol. The minimum absolute atomic E-state index is 0.0862. The summed E-state index contributed by atoms with van der Waals surface area (Å²) in [6, 6.07) is 7.81. The molecule has 0 aliphatic carbocycles. The highest BCUT2D eigenvalue weighted by atomic mass is 16.3. The molecule has 0 atom stereocenters. The van der Waals surface area contributed by atoms with Crippen LogP contribution in [0.5, 0.6) is 0 Å². The van der Waals surface area contributed by atoms with Crippen LogP contribution in [0.1, 0.15) is 23.7 Å². The number of hydrogen-bond donors (Lipinski definition) is 2. The van der Waals surface area contributed by atoms with Crippen molar-refractivity contribution in [2.45, 2.75) is 26.5 Å². The van der Waals surface area contributed by atoms with E-state index in [1.807, 2.05) is 42.2 Å². The number of anilines is 1. The number of aryl methyl sites for hydroxylation is 2. The summed E-state index contributed by atoms with van der Waals surface area (Å²) in [4.78, 5) is 0. The van der Waals surface area contributed by atoms with Crippen LogP contribution >= 0.6 is 0 Å². The molecule has 1 aromatic carbocycles. The van der Waals surface area contributed by atoms with Crippen LogP contribution in [0.15, 0.2) is 30.5 Å². The topological polar surface area (TPSA) is 50.1 Å². The quantitative estimate of drug-likeness (QED) is 0.848. The van der Waals surface area contributed by atoms with Gasteiger partial charge in [0.2, 0.25) is 0 Å². The molecule has 1 aromatic heterocycles. The summed E-state index contributed by atoms with van der Waals surface area (Å²) in [5.41, 5.74) is 4.34. The fourth-order valence-corrected chi connectivity index (χ4v) is 1.95. The van der Waals surface area contributed by atoms with Crippen molar-refractivity contribution in [2.75, 3.05) is 5.32 Å². The Morgan fingerprint density at radius 3 is 2.61 bits per heavy atom. The molecule has 0 radical (unpaired) electrons. The first-order chi connectivity index (χ1) is 8.72. The van der Waals surface area contributed by atoms with E-state index in [1.165, 1.54) is 5.56 Å². The molecular formula is C14H19N3O. The third-order valence-electron chi connectivity index (χ3n) is 2.95. The van der Waals surface area contributed by atoms with Crippen molar-refractivity contribution in [1.29, 1.82) is 0 Å². The molecule has 2 aromatic rings. The second-order valence-electron chi connectivity index (χ2n) is 4.34. The fraction of sp³-hybridized carbons (Fsp3) is 0.357. The molecular weight excluding hydrogens is 226 g/mol. The Labute approximate surface area is 107 Å². The first kappa shape index (κ1) is 12.6. The van der Waals surface area contributed by atoms with Gasteiger partial charge in [-0.2, -0.15) is 5.10 Å². The van der Waals surface area contributed by atoms with Crippen molar-refractivity contribution in [3.05, 3.63) is 47.3 Å². The third-order valence-corrected chi connectivity index (χ3v) is 2.95. The Hall–Kier alpha value is -1.81. The van der Waals surface area contributed by atoms with Gasteiger partial charge in [0, 0.05) is 31.0 Å². The lowest BCUT2D eigenvalue weighted by Gasteiger charge is -2.06. The Morgan fingerprint density at radius 1 is 1.28 bits per heavy atom. The number of aliphatic hydroxyl groups is 1. The summed E-state index contributed by atoms with van der Waals surface area (Å²) in [7, 11) is 1.94. The van der Waals surface area contributed by atoms with Gasteiger partial charge in [0.1, 0.15) is 0 Å². The van der Waals surface area contributed by atoms with Crippen LogP contribution in [0, 0.1) is 0 Å². The molecule has 0 aliphatic heterocycles. The molecule has 4 nitrogen and oxygen atoms in total. The number of rotatable bonds is 5. The highest BCUT2D eigenvalue weighted by Gasteiger charge is 2.05. The Bertz CT molecular complexity index is 502. The van der Waals surface area contributed by atoms with Gasteiger partial charge in [-0.1, -0.05) is 19.1 Å². The summed E-state index contributed by atoms with van der Waals surface area (Å²) in [5.74, 6) is 0. The van der Waals surface area contributed by atoms with E-state index in [2.05, 4.69) is 17.3 Å². The van der Waals surface area contributed by atoms with Crippen molar-refractivity contribution in [3.63, 3.8) is 0 Å². The molecule has 1 heterocycles. The van der Waals surface area contributed by atoms with E-state index in [4.69, 9.17) is 5.11 Å². The lowest BCUT2D eigenvalue weighted by molar-refractivity contribution is 0.282. The molecule has 0 saturated heterocycles. The minimum atomic E-state index is 0.0862. The van der Waals surface area contributed by atoms with Gasteiger partial charge in [0.05, 0.1) is 12.3 Å². The summed E-state index contributed by atoms with van der Waals surface area (Å²) in [6.07, 6.45) is 3.00. The summed E-state index contributed by atoms with van der Waals surface area (Å²) in [6.45, 7) is 2.97. The Morgan fingerprint density at radius 2 is 2.00 bits per heavy atom. The van der Waals surface area contributed by atoms with E-state index in [1.54, 1.807) is 0 Å². The lowest BCUT2D eigenvalue weighted by Crippen LogP contribution is -2.01. The van der Waals surface area contributed by atoms with Crippen LogP contribution in [0.3, 0.4) is 0 Å². The van der Waals surface area contributed by atoms with Crippen molar-refractivity contribution < 1.29 is 5.11 Å². The number of nitrogens with one attached hydrogen (secondary N) is 1. The molecule has 0 amide bonds. The van der Waals surface area contributed by atoms with Crippen LogP contribution in [0.2, 0.25) is 0 Å². The van der Waals surface area contributed by atoms with E-state index in [0.29, 0.717) is 0 Å². The lowest BCUT2D eigenvalue weighted by atomic mass is 10.2. The van der Waals surface area contributed by atoms with Gasteiger partial charge in [-0.05, 0) is 24.1 Å². The van der Waals surface area contributed by atoms with Crippen molar-refractivity contribution in [1.82, 2.24) is 9.78 Å². The van der Waals surface area contributed by atoms with Gasteiger partial charge < -0.3 is 10.4 Å². The maximum absolute atomic E-state index is 8.98. The number of benzene rings is 1. The summed E-state index contributed by atoms with van der Waals surface area (Å²) in [5, 5.41) is 16.8. The van der Waals surface area contributed by atoms with E-state index >= 15 is 0 Å². The standard InChI is InChI=1S/C14H19N3O/c1-3-14-12(9-17(2)16-14)8-15-13-6-4-11(10-18)5-7-13/h4-7,9,15,18H,3,8,10H2,1-2H3. The predicted octanol–water partition coefficient (Wildman–Crippen LogP) is 2.09. The summed E-state index contributed by atoms with van der Waals surface area (Å²) < 4.78 is 1.85. The van der Waals surface area contributed by atoms with Crippen LogP contribution in [0.25, 0.3) is 0 Å². The molecule has 0 bridgehead atoms. The number of aliphatic hydroxyl groups excluding tert-OH is 1. The fourth-order valence-electron chi connectivity index (χ4n) is 1.95. The molecule has 4 heteroatoms. The zero-order valence-electron chi connectivity index (χ0n) is 10.8. The largest absolute Gasteiger partial charge is 0.392 e. The van der Waals surface area contributed by atoms with Crippen LogP contribution < -0.4 is 5.32 Å². The van der Waals surface area contributed by atoms with Gasteiger partial charge in [0.15, 0.2) is 0 Å². The zero-order chi connectivity index (χ0) is 13.0. The van der Waals surface area contributed by atoms with Gasteiger partial charge in [-0.15, -0.1) is 0 Å². The number of nitrogens with zero attached hydrogens (tertiary/aromatic N) is 2. The molecule has 2 rings (SSSR count). The van der Waals surface area contributed by atoms with Gasteiger partial charge in [-0.25, -0.2) is 0 Å². The number of aromatic nitrogens is 2. The third kappa shape index (κ3) is 2.90. The van der Waals surface area contributed by atoms with Crippen LogP contribution in [-0.2, 0) is 26.6 Å². The SMILES string of the molecule is CCc1nn(C)cc1CNc1ccc(CO)cc1. The molecule has 0 aliphatic rings. The average Bonchev–Trinajstić information content (AvgIpc) is 2.77. The smallest absolute Gasteiger partial charge is 0.0681 e. The van der Waals surface area contributed by atoms with Crippen molar-refractivity contribution >= 4 is 5.69 Å². The average molecular weight is 245 g/mol. The maximum atomic E-state index is 8.98. The van der Waals surface area contributed by atoms with Crippen LogP contribution in [0.4, 0.5) is 5.69 Å².